The van der Waals surface area contributed by atoms with Crippen molar-refractivity contribution in [1.29, 1.82) is 0 Å². The first-order chi connectivity index (χ1) is 7.26. The molecule has 78 valence electrons. The first kappa shape index (κ1) is 10.2. The molecule has 0 saturated heterocycles. The highest BCUT2D eigenvalue weighted by molar-refractivity contribution is 9.10. The molecule has 0 aliphatic carbocycles. The number of imidazole rings is 1. The number of aromatic nitrogens is 2. The smallest absolute Gasteiger partial charge is 0.212 e. The largest absolute Gasteiger partial charge is 0.313 e. The zero-order valence-electron chi connectivity index (χ0n) is 8.20. The van der Waals surface area contributed by atoms with Crippen molar-refractivity contribution < 1.29 is 4.79 Å². The van der Waals surface area contributed by atoms with E-state index in [9.17, 15) is 4.79 Å². The molecule has 0 aromatic carbocycles. The van der Waals surface area contributed by atoms with Crippen LogP contribution in [-0.4, -0.2) is 15.8 Å². The molecular formula is C10H10BrN3O. The maximum absolute atomic E-state index is 10.5. The number of hydrogen-bond acceptors (Lipinski definition) is 2. The molecule has 0 unspecified atom stereocenters. The summed E-state index contributed by atoms with van der Waals surface area (Å²) in [6.45, 7) is 2.01. The Morgan fingerprint density at radius 2 is 2.40 bits per heavy atom. The van der Waals surface area contributed by atoms with Crippen LogP contribution in [0.15, 0.2) is 22.8 Å². The van der Waals surface area contributed by atoms with E-state index in [0.29, 0.717) is 6.41 Å². The van der Waals surface area contributed by atoms with Gasteiger partial charge in [-0.2, -0.15) is 0 Å². The Kier molecular flexibility index (Phi) is 2.73. The summed E-state index contributed by atoms with van der Waals surface area (Å²) in [6, 6.07) is 3.83. The van der Waals surface area contributed by atoms with Crippen LogP contribution < -0.4 is 5.32 Å². The van der Waals surface area contributed by atoms with Gasteiger partial charge in [0.25, 0.3) is 0 Å². The molecule has 0 aliphatic heterocycles. The van der Waals surface area contributed by atoms with E-state index in [4.69, 9.17) is 0 Å². The fourth-order valence-corrected chi connectivity index (χ4v) is 1.86. The lowest BCUT2D eigenvalue weighted by Crippen LogP contribution is -2.00. The van der Waals surface area contributed by atoms with Crippen LogP contribution in [0.1, 0.15) is 12.6 Å². The van der Waals surface area contributed by atoms with Crippen molar-refractivity contribution in [1.82, 2.24) is 9.38 Å². The number of fused-ring (bicyclic) bond motifs is 1. The van der Waals surface area contributed by atoms with Crippen LogP contribution in [-0.2, 0) is 11.2 Å². The van der Waals surface area contributed by atoms with E-state index in [1.165, 1.54) is 0 Å². The second-order valence-corrected chi connectivity index (χ2v) is 4.01. The minimum Gasteiger partial charge on any atom is -0.313 e. The molecule has 2 rings (SSSR count). The van der Waals surface area contributed by atoms with Crippen LogP contribution in [0.2, 0.25) is 0 Å². The molecule has 0 fully saturated rings. The van der Waals surface area contributed by atoms with Gasteiger partial charge in [0.05, 0.1) is 5.69 Å². The van der Waals surface area contributed by atoms with Crippen molar-refractivity contribution in [2.75, 3.05) is 5.32 Å². The van der Waals surface area contributed by atoms with Crippen molar-refractivity contribution in [2.45, 2.75) is 13.3 Å². The maximum Gasteiger partial charge on any atom is 0.212 e. The molecule has 0 bridgehead atoms. The van der Waals surface area contributed by atoms with Crippen LogP contribution in [0.4, 0.5) is 5.82 Å². The Morgan fingerprint density at radius 3 is 3.07 bits per heavy atom. The predicted molar refractivity (Wildman–Crippen MR) is 62.0 cm³/mol. The molecule has 1 N–H and O–H groups in total. The van der Waals surface area contributed by atoms with Gasteiger partial charge in [-0.1, -0.05) is 6.92 Å². The fourth-order valence-electron chi connectivity index (χ4n) is 1.52. The van der Waals surface area contributed by atoms with Gasteiger partial charge in [0.1, 0.15) is 11.5 Å². The minimum absolute atomic E-state index is 0.670. The highest BCUT2D eigenvalue weighted by Crippen LogP contribution is 2.20. The number of pyridine rings is 1. The van der Waals surface area contributed by atoms with E-state index >= 15 is 0 Å². The highest BCUT2D eigenvalue weighted by Gasteiger charge is 2.09. The van der Waals surface area contributed by atoms with Crippen molar-refractivity contribution in [3.05, 3.63) is 28.5 Å². The Bertz CT molecular complexity index is 507. The van der Waals surface area contributed by atoms with E-state index in [1.807, 2.05) is 29.7 Å². The molecule has 1 amide bonds. The van der Waals surface area contributed by atoms with E-state index in [2.05, 4.69) is 26.2 Å². The number of hydrogen-bond donors (Lipinski definition) is 1. The Labute approximate surface area is 95.4 Å². The predicted octanol–water partition coefficient (Wildman–Crippen LogP) is 2.23. The fraction of sp³-hybridized carbons (Fsp3) is 0.200. The Hall–Kier alpha value is -1.36. The third-order valence-electron chi connectivity index (χ3n) is 2.19. The van der Waals surface area contributed by atoms with Gasteiger partial charge in [0.15, 0.2) is 0 Å². The summed E-state index contributed by atoms with van der Waals surface area (Å²) in [6.07, 6.45) is 3.34. The molecular weight excluding hydrogens is 258 g/mol. The lowest BCUT2D eigenvalue weighted by Gasteiger charge is -2.01. The molecule has 15 heavy (non-hydrogen) atoms. The maximum atomic E-state index is 10.5. The summed E-state index contributed by atoms with van der Waals surface area (Å²) in [5.41, 5.74) is 1.72. The van der Waals surface area contributed by atoms with Gasteiger partial charge in [-0.15, -0.1) is 0 Å². The molecule has 4 nitrogen and oxygen atoms in total. The van der Waals surface area contributed by atoms with Crippen LogP contribution in [0.25, 0.3) is 5.65 Å². The molecule has 0 aliphatic rings. The van der Waals surface area contributed by atoms with Gasteiger partial charge in [-0.25, -0.2) is 4.98 Å². The number of rotatable bonds is 3. The van der Waals surface area contributed by atoms with Crippen LogP contribution >= 0.6 is 15.9 Å². The molecule has 0 saturated carbocycles. The van der Waals surface area contributed by atoms with E-state index in [1.54, 1.807) is 0 Å². The summed E-state index contributed by atoms with van der Waals surface area (Å²) in [5.74, 6) is 0.740. The third-order valence-corrected chi connectivity index (χ3v) is 2.65. The lowest BCUT2D eigenvalue weighted by atomic mass is 10.3. The Balaban J connectivity index is 2.70. The van der Waals surface area contributed by atoms with E-state index in [0.717, 1.165) is 28.1 Å². The lowest BCUT2D eigenvalue weighted by molar-refractivity contribution is -0.105. The van der Waals surface area contributed by atoms with Crippen molar-refractivity contribution in [3.63, 3.8) is 0 Å². The average molecular weight is 268 g/mol. The van der Waals surface area contributed by atoms with Crippen molar-refractivity contribution in [3.8, 4) is 0 Å². The quantitative estimate of drug-likeness (QED) is 0.867. The number of carbonyl (C=O) groups excluding carboxylic acids is 1. The monoisotopic (exact) mass is 267 g/mol. The second kappa shape index (κ2) is 4.02. The molecule has 2 aromatic heterocycles. The number of anilines is 1. The molecule has 0 atom stereocenters. The summed E-state index contributed by atoms with van der Waals surface area (Å²) in [7, 11) is 0. The Morgan fingerprint density at radius 1 is 1.60 bits per heavy atom. The van der Waals surface area contributed by atoms with Crippen molar-refractivity contribution >= 4 is 33.8 Å². The highest BCUT2D eigenvalue weighted by atomic mass is 79.9. The zero-order valence-corrected chi connectivity index (χ0v) is 9.78. The van der Waals surface area contributed by atoms with Crippen LogP contribution in [0.5, 0.6) is 0 Å². The van der Waals surface area contributed by atoms with Gasteiger partial charge in [-0.05, 0) is 34.5 Å². The van der Waals surface area contributed by atoms with Gasteiger partial charge in [-0.3, -0.25) is 9.20 Å². The first-order valence-corrected chi connectivity index (χ1v) is 5.42. The minimum atomic E-state index is 0.670. The van der Waals surface area contributed by atoms with Crippen molar-refractivity contribution in [2.24, 2.45) is 0 Å². The summed E-state index contributed by atoms with van der Waals surface area (Å²) >= 11 is 3.38. The number of amides is 1. The molecule has 0 radical (unpaired) electrons. The summed E-state index contributed by atoms with van der Waals surface area (Å²) in [4.78, 5) is 14.9. The summed E-state index contributed by atoms with van der Waals surface area (Å²) in [5, 5.41) is 2.68. The molecule has 2 heterocycles. The zero-order chi connectivity index (χ0) is 10.8. The first-order valence-electron chi connectivity index (χ1n) is 4.63. The number of nitrogens with one attached hydrogen (secondary N) is 1. The number of halogens is 1. The van der Waals surface area contributed by atoms with Crippen LogP contribution in [0, 0.1) is 0 Å². The van der Waals surface area contributed by atoms with Gasteiger partial charge >= 0.3 is 0 Å². The number of nitrogens with zero attached hydrogens (tertiary/aromatic N) is 2. The standard InChI is InChI=1S/C10H10BrN3O/c1-2-8-10(12-6-15)14-5-7(11)3-4-9(14)13-8/h3-6H,2H2,1H3,(H,12,15). The second-order valence-electron chi connectivity index (χ2n) is 3.10. The number of aryl methyl sites for hydroxylation is 1. The van der Waals surface area contributed by atoms with Crippen LogP contribution in [0.3, 0.4) is 0 Å². The SMILES string of the molecule is CCc1nc2ccc(Br)cn2c1NC=O. The van der Waals surface area contributed by atoms with Gasteiger partial charge in [0.2, 0.25) is 6.41 Å². The molecule has 0 spiro atoms. The third kappa shape index (κ3) is 1.74. The molecule has 2 aromatic rings. The normalized spacial score (nSPS) is 10.5. The van der Waals surface area contributed by atoms with Gasteiger partial charge in [0, 0.05) is 10.7 Å². The average Bonchev–Trinajstić information content (AvgIpc) is 2.57. The molecule has 5 heteroatoms. The number of carbonyl (C=O) groups is 1. The van der Waals surface area contributed by atoms with E-state index < -0.39 is 0 Å². The topological polar surface area (TPSA) is 46.4 Å². The van der Waals surface area contributed by atoms with E-state index in [-0.39, 0.29) is 0 Å². The summed E-state index contributed by atoms with van der Waals surface area (Å²) < 4.78 is 2.81. The van der Waals surface area contributed by atoms with Gasteiger partial charge < -0.3 is 5.32 Å².